The zero-order chi connectivity index (χ0) is 14.3. The van der Waals surface area contributed by atoms with Crippen molar-refractivity contribution in [1.29, 1.82) is 0 Å². The Morgan fingerprint density at radius 2 is 2.10 bits per heavy atom. The van der Waals surface area contributed by atoms with Gasteiger partial charge in [0, 0.05) is 16.6 Å². The summed E-state index contributed by atoms with van der Waals surface area (Å²) in [4.78, 5) is 9.13. The molecule has 1 unspecified atom stereocenters. The van der Waals surface area contributed by atoms with Crippen LogP contribution in [0.1, 0.15) is 29.2 Å². The standard InChI is InChI=1S/C13H13N3O2S2/c1-8-7-19-13(14-8)9(2)15-12-10-5-3-4-6-11(10)20(17,18)16-12/h3-7,9H,1-2H3,(H,15,16). The van der Waals surface area contributed by atoms with E-state index in [9.17, 15) is 8.42 Å². The lowest BCUT2D eigenvalue weighted by molar-refractivity contribution is 0.595. The molecule has 0 saturated heterocycles. The summed E-state index contributed by atoms with van der Waals surface area (Å²) in [6.45, 7) is 3.83. The lowest BCUT2D eigenvalue weighted by atomic mass is 10.2. The molecule has 2 heterocycles. The van der Waals surface area contributed by atoms with E-state index in [1.807, 2.05) is 19.2 Å². The normalized spacial score (nSPS) is 19.6. The summed E-state index contributed by atoms with van der Waals surface area (Å²) in [5.74, 6) is 0.390. The predicted octanol–water partition coefficient (Wildman–Crippen LogP) is 2.25. The van der Waals surface area contributed by atoms with E-state index in [-0.39, 0.29) is 10.9 Å². The molecular weight excluding hydrogens is 294 g/mol. The van der Waals surface area contributed by atoms with Gasteiger partial charge in [0.05, 0.1) is 4.90 Å². The van der Waals surface area contributed by atoms with Crippen LogP contribution in [-0.4, -0.2) is 19.2 Å². The molecule has 5 nitrogen and oxygen atoms in total. The van der Waals surface area contributed by atoms with Crippen LogP contribution in [0.3, 0.4) is 0 Å². The number of benzene rings is 1. The second-order valence-electron chi connectivity index (χ2n) is 4.58. The molecule has 1 N–H and O–H groups in total. The first-order valence-electron chi connectivity index (χ1n) is 6.09. The van der Waals surface area contributed by atoms with Crippen LogP contribution in [-0.2, 0) is 10.0 Å². The second-order valence-corrected chi connectivity index (χ2v) is 7.12. The molecule has 1 aliphatic heterocycles. The molecule has 0 fully saturated rings. The third-order valence-electron chi connectivity index (χ3n) is 2.98. The van der Waals surface area contributed by atoms with E-state index < -0.39 is 10.0 Å². The van der Waals surface area contributed by atoms with Gasteiger partial charge in [0.15, 0.2) is 0 Å². The molecule has 7 heteroatoms. The highest BCUT2D eigenvalue weighted by Gasteiger charge is 2.30. The van der Waals surface area contributed by atoms with Crippen molar-refractivity contribution in [3.8, 4) is 0 Å². The van der Waals surface area contributed by atoms with Crippen molar-refractivity contribution in [2.75, 3.05) is 0 Å². The zero-order valence-electron chi connectivity index (χ0n) is 11.0. The zero-order valence-corrected chi connectivity index (χ0v) is 12.6. The van der Waals surface area contributed by atoms with Crippen molar-refractivity contribution in [3.63, 3.8) is 0 Å². The maximum Gasteiger partial charge on any atom is 0.263 e. The van der Waals surface area contributed by atoms with Gasteiger partial charge in [-0.3, -0.25) is 9.71 Å². The van der Waals surface area contributed by atoms with Gasteiger partial charge in [0.25, 0.3) is 10.0 Å². The van der Waals surface area contributed by atoms with Crippen LogP contribution in [0.25, 0.3) is 0 Å². The molecular formula is C13H13N3O2S2. The first-order valence-corrected chi connectivity index (χ1v) is 8.46. The van der Waals surface area contributed by atoms with Gasteiger partial charge >= 0.3 is 0 Å². The van der Waals surface area contributed by atoms with E-state index in [1.54, 1.807) is 24.3 Å². The van der Waals surface area contributed by atoms with Gasteiger partial charge in [-0.1, -0.05) is 12.1 Å². The monoisotopic (exact) mass is 307 g/mol. The van der Waals surface area contributed by atoms with Crippen molar-refractivity contribution in [3.05, 3.63) is 45.9 Å². The number of nitrogens with zero attached hydrogens (tertiary/aromatic N) is 2. The molecule has 104 valence electrons. The Hall–Kier alpha value is -1.73. The summed E-state index contributed by atoms with van der Waals surface area (Å²) in [5, 5.41) is 2.83. The fourth-order valence-electron chi connectivity index (χ4n) is 2.04. The molecule has 0 bridgehead atoms. The summed E-state index contributed by atoms with van der Waals surface area (Å²) in [5.41, 5.74) is 1.57. The molecule has 20 heavy (non-hydrogen) atoms. The van der Waals surface area contributed by atoms with Crippen LogP contribution in [0, 0.1) is 6.92 Å². The number of rotatable bonds is 2. The van der Waals surface area contributed by atoms with Crippen LogP contribution >= 0.6 is 11.3 Å². The first kappa shape index (κ1) is 13.3. The summed E-state index contributed by atoms with van der Waals surface area (Å²) in [6, 6.07) is 6.66. The summed E-state index contributed by atoms with van der Waals surface area (Å²) >= 11 is 1.53. The Balaban J connectivity index is 2.02. The average molecular weight is 307 g/mol. The highest BCUT2D eigenvalue weighted by Crippen LogP contribution is 2.26. The molecule has 0 radical (unpaired) electrons. The maximum atomic E-state index is 12.0. The number of fused-ring (bicyclic) bond motifs is 1. The average Bonchev–Trinajstić information content (AvgIpc) is 2.93. The van der Waals surface area contributed by atoms with Gasteiger partial charge in [-0.05, 0) is 26.0 Å². The molecule has 0 aliphatic carbocycles. The Bertz CT molecular complexity index is 793. The van der Waals surface area contributed by atoms with Crippen LogP contribution in [0.4, 0.5) is 0 Å². The Labute approximate surface area is 121 Å². The minimum absolute atomic E-state index is 0.183. The van der Waals surface area contributed by atoms with Gasteiger partial charge in [-0.2, -0.15) is 0 Å². The van der Waals surface area contributed by atoms with E-state index >= 15 is 0 Å². The van der Waals surface area contributed by atoms with Crippen molar-refractivity contribution in [1.82, 2.24) is 9.71 Å². The first-order chi connectivity index (χ1) is 9.47. The predicted molar refractivity (Wildman–Crippen MR) is 78.6 cm³/mol. The van der Waals surface area contributed by atoms with Gasteiger partial charge in [-0.25, -0.2) is 13.4 Å². The highest BCUT2D eigenvalue weighted by atomic mass is 32.2. The molecule has 1 aliphatic rings. The van der Waals surface area contributed by atoms with Crippen LogP contribution in [0.2, 0.25) is 0 Å². The highest BCUT2D eigenvalue weighted by molar-refractivity contribution is 7.90. The Morgan fingerprint density at radius 1 is 1.35 bits per heavy atom. The molecule has 0 amide bonds. The summed E-state index contributed by atoms with van der Waals surface area (Å²) in [6.07, 6.45) is 0. The fourth-order valence-corrected chi connectivity index (χ4v) is 4.07. The second kappa shape index (κ2) is 4.68. The SMILES string of the molecule is Cc1csc(C(C)N=C2NS(=O)(=O)c3ccccc32)n1. The van der Waals surface area contributed by atoms with E-state index in [4.69, 9.17) is 0 Å². The maximum absolute atomic E-state index is 12.0. The van der Waals surface area contributed by atoms with Crippen LogP contribution < -0.4 is 4.72 Å². The third kappa shape index (κ3) is 2.23. The summed E-state index contributed by atoms with van der Waals surface area (Å²) < 4.78 is 26.5. The van der Waals surface area contributed by atoms with Gasteiger partial charge < -0.3 is 0 Å². The molecule has 3 rings (SSSR count). The van der Waals surface area contributed by atoms with Crippen molar-refractivity contribution in [2.24, 2.45) is 4.99 Å². The minimum atomic E-state index is -3.48. The number of sulfonamides is 1. The van der Waals surface area contributed by atoms with Crippen LogP contribution in [0.15, 0.2) is 39.5 Å². The number of aliphatic imine (C=N–C) groups is 1. The van der Waals surface area contributed by atoms with Crippen molar-refractivity contribution < 1.29 is 8.42 Å². The smallest absolute Gasteiger partial charge is 0.263 e. The molecule has 0 spiro atoms. The number of aromatic nitrogens is 1. The lowest BCUT2D eigenvalue weighted by Gasteiger charge is -2.04. The quantitative estimate of drug-likeness (QED) is 0.925. The Kier molecular flexibility index (Phi) is 3.10. The molecule has 1 aromatic carbocycles. The van der Waals surface area contributed by atoms with Gasteiger partial charge in [0.1, 0.15) is 16.9 Å². The third-order valence-corrected chi connectivity index (χ3v) is 5.51. The Morgan fingerprint density at radius 3 is 2.80 bits per heavy atom. The lowest BCUT2D eigenvalue weighted by Crippen LogP contribution is -2.22. The minimum Gasteiger partial charge on any atom is -0.263 e. The van der Waals surface area contributed by atoms with Crippen molar-refractivity contribution in [2.45, 2.75) is 24.8 Å². The van der Waals surface area contributed by atoms with E-state index in [0.717, 1.165) is 10.7 Å². The number of thiazole rings is 1. The molecule has 0 saturated carbocycles. The number of hydrogen-bond acceptors (Lipinski definition) is 5. The van der Waals surface area contributed by atoms with E-state index in [2.05, 4.69) is 14.7 Å². The fraction of sp³-hybridized carbons (Fsp3) is 0.231. The largest absolute Gasteiger partial charge is 0.263 e. The number of amidine groups is 1. The van der Waals surface area contributed by atoms with Gasteiger partial charge in [0.2, 0.25) is 0 Å². The van der Waals surface area contributed by atoms with Gasteiger partial charge in [-0.15, -0.1) is 11.3 Å². The van der Waals surface area contributed by atoms with Crippen molar-refractivity contribution >= 4 is 27.2 Å². The molecule has 1 atom stereocenters. The molecule has 1 aromatic heterocycles. The molecule has 2 aromatic rings. The van der Waals surface area contributed by atoms with E-state index in [1.165, 1.54) is 11.3 Å². The topological polar surface area (TPSA) is 71.4 Å². The number of hydrogen-bond donors (Lipinski definition) is 1. The number of aryl methyl sites for hydroxylation is 1. The van der Waals surface area contributed by atoms with Crippen LogP contribution in [0.5, 0.6) is 0 Å². The van der Waals surface area contributed by atoms with E-state index in [0.29, 0.717) is 11.4 Å². The number of nitrogens with one attached hydrogen (secondary N) is 1. The summed E-state index contributed by atoms with van der Waals surface area (Å²) in [7, 11) is -3.48.